The quantitative estimate of drug-likeness (QED) is 0.565. The van der Waals surface area contributed by atoms with Crippen molar-refractivity contribution in [2.24, 2.45) is 0 Å². The molecule has 0 amide bonds. The van der Waals surface area contributed by atoms with Crippen LogP contribution in [0.1, 0.15) is 47.2 Å². The van der Waals surface area contributed by atoms with Gasteiger partial charge in [-0.05, 0) is 81.4 Å². The van der Waals surface area contributed by atoms with Gasteiger partial charge in [0.15, 0.2) is 5.11 Å². The normalized spacial score (nSPS) is 18.9. The Labute approximate surface area is 182 Å². The van der Waals surface area contributed by atoms with Crippen molar-refractivity contribution in [1.29, 1.82) is 0 Å². The molecule has 1 aliphatic heterocycles. The largest absolute Gasteiger partial charge is 0.352 e. The van der Waals surface area contributed by atoms with E-state index in [0.29, 0.717) is 0 Å². The maximum Gasteiger partial charge on any atom is 0.170 e. The summed E-state index contributed by atoms with van der Waals surface area (Å²) in [6, 6.07) is 14.5. The van der Waals surface area contributed by atoms with Gasteiger partial charge in [0.2, 0.25) is 0 Å². The lowest BCUT2D eigenvalue weighted by Crippen LogP contribution is -2.29. The summed E-state index contributed by atoms with van der Waals surface area (Å²) in [5, 5.41) is 5.05. The Balaban J connectivity index is 1.86. The Morgan fingerprint density at radius 1 is 1.14 bits per heavy atom. The second-order valence-corrected chi connectivity index (χ2v) is 8.25. The summed E-state index contributed by atoms with van der Waals surface area (Å²) in [6.07, 6.45) is 1.84. The fourth-order valence-electron chi connectivity index (χ4n) is 4.38. The number of nitrogens with zero attached hydrogens (tertiary/aromatic N) is 3. The van der Waals surface area contributed by atoms with E-state index in [1.165, 1.54) is 17.0 Å². The third-order valence-electron chi connectivity index (χ3n) is 5.81. The second-order valence-electron chi connectivity index (χ2n) is 7.46. The fourth-order valence-corrected chi connectivity index (χ4v) is 4.92. The van der Waals surface area contributed by atoms with Crippen LogP contribution in [0.5, 0.6) is 0 Å². The summed E-state index contributed by atoms with van der Waals surface area (Å²) in [4.78, 5) is 6.86. The maximum absolute atomic E-state index is 6.41. The summed E-state index contributed by atoms with van der Waals surface area (Å²) >= 11 is 12.1. The Morgan fingerprint density at radius 2 is 1.93 bits per heavy atom. The molecule has 3 heterocycles. The predicted octanol–water partition coefficient (Wildman–Crippen LogP) is 5.44. The zero-order chi connectivity index (χ0) is 20.7. The van der Waals surface area contributed by atoms with Crippen molar-refractivity contribution in [3.05, 3.63) is 81.9 Å². The number of hydrogen-bond donors (Lipinski definition) is 1. The Morgan fingerprint density at radius 3 is 2.62 bits per heavy atom. The second kappa shape index (κ2) is 7.81. The molecule has 150 valence electrons. The van der Waals surface area contributed by atoms with Crippen LogP contribution in [0.3, 0.4) is 0 Å². The van der Waals surface area contributed by atoms with Gasteiger partial charge in [0.25, 0.3) is 0 Å². The average molecular weight is 425 g/mol. The van der Waals surface area contributed by atoms with Gasteiger partial charge in [0.1, 0.15) is 0 Å². The van der Waals surface area contributed by atoms with Crippen molar-refractivity contribution in [2.75, 3.05) is 6.54 Å². The van der Waals surface area contributed by atoms with Crippen LogP contribution in [0, 0.1) is 20.8 Å². The van der Waals surface area contributed by atoms with E-state index in [4.69, 9.17) is 23.8 Å². The molecule has 0 saturated carbocycles. The van der Waals surface area contributed by atoms with Crippen LogP contribution in [0.15, 0.2) is 48.7 Å². The molecule has 1 N–H and O–H groups in total. The third kappa shape index (κ3) is 3.32. The van der Waals surface area contributed by atoms with Crippen LogP contribution in [0.25, 0.3) is 5.69 Å². The Hall–Kier alpha value is -2.37. The molecule has 0 aliphatic carbocycles. The van der Waals surface area contributed by atoms with E-state index in [9.17, 15) is 0 Å². The maximum atomic E-state index is 6.41. The first-order valence-corrected chi connectivity index (χ1v) is 10.6. The first kappa shape index (κ1) is 19.9. The van der Waals surface area contributed by atoms with E-state index in [1.54, 1.807) is 0 Å². The van der Waals surface area contributed by atoms with Gasteiger partial charge in [-0.2, -0.15) is 0 Å². The number of aromatic nitrogens is 2. The van der Waals surface area contributed by atoms with Crippen LogP contribution in [0.2, 0.25) is 5.02 Å². The molecule has 1 aromatic carbocycles. The van der Waals surface area contributed by atoms with Gasteiger partial charge in [-0.1, -0.05) is 23.7 Å². The SMILES string of the molecule is CCN1C(=S)N[C@@H](c2ccccn2)[C@H]1c1cc(C)n(-c2cccc(Cl)c2C)c1C. The molecular weight excluding hydrogens is 400 g/mol. The monoisotopic (exact) mass is 424 g/mol. The number of nitrogens with one attached hydrogen (secondary N) is 1. The molecule has 29 heavy (non-hydrogen) atoms. The van der Waals surface area contributed by atoms with Crippen LogP contribution >= 0.6 is 23.8 Å². The predicted molar refractivity (Wildman–Crippen MR) is 123 cm³/mol. The lowest BCUT2D eigenvalue weighted by molar-refractivity contribution is 0.329. The molecule has 1 saturated heterocycles. The van der Waals surface area contributed by atoms with E-state index in [-0.39, 0.29) is 12.1 Å². The van der Waals surface area contributed by atoms with Crippen LogP contribution in [-0.4, -0.2) is 26.1 Å². The zero-order valence-electron chi connectivity index (χ0n) is 17.1. The first-order chi connectivity index (χ1) is 13.9. The summed E-state index contributed by atoms with van der Waals surface area (Å²) < 4.78 is 2.29. The van der Waals surface area contributed by atoms with Crippen molar-refractivity contribution in [3.8, 4) is 5.69 Å². The number of likely N-dealkylation sites (N-methyl/N-ethyl adjacent to an activating group) is 1. The molecule has 2 atom stereocenters. The number of halogens is 1. The highest BCUT2D eigenvalue weighted by atomic mass is 35.5. The number of rotatable bonds is 4. The molecule has 6 heteroatoms. The first-order valence-electron chi connectivity index (χ1n) is 9.86. The van der Waals surface area contributed by atoms with Gasteiger partial charge in [-0.3, -0.25) is 4.98 Å². The Kier molecular flexibility index (Phi) is 5.36. The van der Waals surface area contributed by atoms with Gasteiger partial charge in [0.05, 0.1) is 17.8 Å². The lowest BCUT2D eigenvalue weighted by Gasteiger charge is -2.27. The molecular formula is C23H25ClN4S. The smallest absolute Gasteiger partial charge is 0.170 e. The average Bonchev–Trinajstić information content (AvgIpc) is 3.20. The minimum atomic E-state index is 0.0121. The number of benzene rings is 1. The molecule has 0 unspecified atom stereocenters. The van der Waals surface area contributed by atoms with Gasteiger partial charge in [-0.15, -0.1) is 0 Å². The topological polar surface area (TPSA) is 33.1 Å². The van der Waals surface area contributed by atoms with Gasteiger partial charge in [-0.25, -0.2) is 0 Å². The number of pyridine rings is 1. The zero-order valence-corrected chi connectivity index (χ0v) is 18.7. The molecule has 4 rings (SSSR count). The minimum Gasteiger partial charge on any atom is -0.352 e. The summed E-state index contributed by atoms with van der Waals surface area (Å²) in [7, 11) is 0. The highest BCUT2D eigenvalue weighted by Crippen LogP contribution is 2.41. The fraction of sp³-hybridized carbons (Fsp3) is 0.304. The van der Waals surface area contributed by atoms with Crippen molar-refractivity contribution in [2.45, 2.75) is 39.8 Å². The van der Waals surface area contributed by atoms with E-state index >= 15 is 0 Å². The van der Waals surface area contributed by atoms with Crippen molar-refractivity contribution >= 4 is 28.9 Å². The van der Waals surface area contributed by atoms with Crippen LogP contribution < -0.4 is 5.32 Å². The molecule has 1 aliphatic rings. The summed E-state index contributed by atoms with van der Waals surface area (Å²) in [5.74, 6) is 0. The van der Waals surface area contributed by atoms with Crippen molar-refractivity contribution < 1.29 is 0 Å². The molecule has 2 aromatic heterocycles. The molecule has 4 nitrogen and oxygen atoms in total. The number of thiocarbonyl (C=S) groups is 1. The number of hydrogen-bond acceptors (Lipinski definition) is 2. The van der Waals surface area contributed by atoms with Gasteiger partial charge < -0.3 is 14.8 Å². The van der Waals surface area contributed by atoms with E-state index < -0.39 is 0 Å². The molecule has 1 fully saturated rings. The van der Waals surface area contributed by atoms with E-state index in [0.717, 1.165) is 33.6 Å². The van der Waals surface area contributed by atoms with Gasteiger partial charge >= 0.3 is 0 Å². The van der Waals surface area contributed by atoms with Crippen molar-refractivity contribution in [3.63, 3.8) is 0 Å². The molecule has 0 bridgehead atoms. The molecule has 0 spiro atoms. The minimum absolute atomic E-state index is 0.0121. The van der Waals surface area contributed by atoms with Crippen molar-refractivity contribution in [1.82, 2.24) is 19.8 Å². The standard InChI is InChI=1S/C23H25ClN4S/c1-5-27-22(21(26-23(27)29)19-10-6-7-12-25-19)17-13-14(2)28(16(17)4)20-11-8-9-18(24)15(20)3/h6-13,21-22H,5H2,1-4H3,(H,26,29)/t21-,22+/m0/s1. The Bertz CT molecular complexity index is 1060. The summed E-state index contributed by atoms with van der Waals surface area (Å²) in [6.45, 7) is 9.36. The van der Waals surface area contributed by atoms with E-state index in [2.05, 4.69) is 65.7 Å². The number of aryl methyl sites for hydroxylation is 1. The summed E-state index contributed by atoms with van der Waals surface area (Å²) in [5.41, 5.74) is 6.83. The van der Waals surface area contributed by atoms with Crippen LogP contribution in [0.4, 0.5) is 0 Å². The van der Waals surface area contributed by atoms with Crippen LogP contribution in [-0.2, 0) is 0 Å². The molecule has 3 aromatic rings. The molecule has 0 radical (unpaired) electrons. The third-order valence-corrected chi connectivity index (χ3v) is 6.57. The lowest BCUT2D eigenvalue weighted by atomic mass is 9.97. The highest BCUT2D eigenvalue weighted by Gasteiger charge is 2.40. The van der Waals surface area contributed by atoms with Gasteiger partial charge in [0, 0.05) is 34.8 Å². The highest BCUT2D eigenvalue weighted by molar-refractivity contribution is 7.80. The van der Waals surface area contributed by atoms with E-state index in [1.807, 2.05) is 30.5 Å².